The number of hydrogen-bond donors (Lipinski definition) is 2. The van der Waals surface area contributed by atoms with Crippen molar-refractivity contribution in [2.45, 2.75) is 19.4 Å². The highest BCUT2D eigenvalue weighted by Gasteiger charge is 2.18. The molecule has 2 heterocycles. The summed E-state index contributed by atoms with van der Waals surface area (Å²) >= 11 is 0. The number of benzene rings is 2. The van der Waals surface area contributed by atoms with E-state index in [-0.39, 0.29) is 6.10 Å². The highest BCUT2D eigenvalue weighted by Crippen LogP contribution is 2.39. The van der Waals surface area contributed by atoms with Gasteiger partial charge in [-0.25, -0.2) is 0 Å². The molecule has 106 valence electrons. The first-order valence-electron chi connectivity index (χ1n) is 7.28. The Balaban J connectivity index is 1.87. The van der Waals surface area contributed by atoms with Crippen LogP contribution < -0.4 is 10.1 Å². The van der Waals surface area contributed by atoms with Crippen molar-refractivity contribution in [1.82, 2.24) is 10.2 Å². The van der Waals surface area contributed by atoms with Gasteiger partial charge in [0.05, 0.1) is 23.5 Å². The van der Waals surface area contributed by atoms with Gasteiger partial charge in [0.15, 0.2) is 5.75 Å². The Morgan fingerprint density at radius 1 is 1.24 bits per heavy atom. The molecule has 21 heavy (non-hydrogen) atoms. The van der Waals surface area contributed by atoms with Crippen molar-refractivity contribution in [2.75, 3.05) is 11.9 Å². The first-order chi connectivity index (χ1) is 10.3. The van der Waals surface area contributed by atoms with Crippen LogP contribution in [0.3, 0.4) is 0 Å². The van der Waals surface area contributed by atoms with Gasteiger partial charge in [-0.15, -0.1) is 0 Å². The summed E-state index contributed by atoms with van der Waals surface area (Å²) in [6.45, 7) is 3.06. The maximum Gasteiger partial charge on any atom is 0.150 e. The van der Waals surface area contributed by atoms with Crippen molar-refractivity contribution in [3.05, 3.63) is 42.6 Å². The van der Waals surface area contributed by atoms with Crippen LogP contribution in [-0.4, -0.2) is 22.8 Å². The molecule has 3 aromatic rings. The molecule has 1 aromatic heterocycles. The van der Waals surface area contributed by atoms with Gasteiger partial charge in [-0.2, -0.15) is 5.10 Å². The Bertz CT molecular complexity index is 794. The maximum atomic E-state index is 6.15. The number of nitrogens with zero attached hydrogens (tertiary/aromatic N) is 1. The first kappa shape index (κ1) is 12.3. The Morgan fingerprint density at radius 3 is 3.14 bits per heavy atom. The number of ether oxygens (including phenoxy) is 1. The van der Waals surface area contributed by atoms with Crippen LogP contribution in [0.5, 0.6) is 5.75 Å². The van der Waals surface area contributed by atoms with Crippen LogP contribution in [0.25, 0.3) is 22.0 Å². The predicted molar refractivity (Wildman–Crippen MR) is 84.7 cm³/mol. The number of aromatic nitrogens is 2. The first-order valence-corrected chi connectivity index (χ1v) is 7.28. The van der Waals surface area contributed by atoms with Gasteiger partial charge in [-0.05, 0) is 30.7 Å². The van der Waals surface area contributed by atoms with Crippen molar-refractivity contribution >= 4 is 16.6 Å². The molecular weight excluding hydrogens is 262 g/mol. The number of aromatic amines is 1. The fourth-order valence-corrected chi connectivity index (χ4v) is 2.81. The highest BCUT2D eigenvalue weighted by molar-refractivity contribution is 5.87. The minimum Gasteiger partial charge on any atom is -0.488 e. The van der Waals surface area contributed by atoms with Crippen molar-refractivity contribution in [2.24, 2.45) is 0 Å². The Labute approximate surface area is 123 Å². The van der Waals surface area contributed by atoms with E-state index in [1.54, 1.807) is 0 Å². The van der Waals surface area contributed by atoms with Gasteiger partial charge < -0.3 is 10.1 Å². The summed E-state index contributed by atoms with van der Waals surface area (Å²) in [5.41, 5.74) is 4.39. The summed E-state index contributed by atoms with van der Waals surface area (Å²) in [7, 11) is 0. The lowest BCUT2D eigenvalue weighted by Crippen LogP contribution is -2.12. The molecule has 4 heteroatoms. The molecule has 1 aliphatic heterocycles. The molecule has 0 fully saturated rings. The SMILES string of the molecule is C[C@@H]1CCNc2cccc(-c3ccc4[nH]ncc4c3)c2O1. The normalized spacial score (nSPS) is 17.7. The highest BCUT2D eigenvalue weighted by atomic mass is 16.5. The van der Waals surface area contributed by atoms with Gasteiger partial charge in [-0.1, -0.05) is 18.2 Å². The standard InChI is InChI=1S/C17H17N3O/c1-11-7-8-18-16-4-2-3-14(17(16)21-11)12-5-6-15-13(9-12)10-19-20-15/h2-6,9-11,18H,7-8H2,1H3,(H,19,20)/t11-/m1/s1. The topological polar surface area (TPSA) is 49.9 Å². The van der Waals surface area contributed by atoms with Crippen LogP contribution in [0.15, 0.2) is 42.6 Å². The Hall–Kier alpha value is -2.49. The third-order valence-electron chi connectivity index (χ3n) is 3.95. The summed E-state index contributed by atoms with van der Waals surface area (Å²) in [5, 5.41) is 11.6. The molecule has 4 nitrogen and oxygen atoms in total. The average Bonchev–Trinajstić information content (AvgIpc) is 2.87. The summed E-state index contributed by atoms with van der Waals surface area (Å²) in [4.78, 5) is 0. The van der Waals surface area contributed by atoms with Crippen molar-refractivity contribution < 1.29 is 4.74 Å². The smallest absolute Gasteiger partial charge is 0.150 e. The maximum absolute atomic E-state index is 6.15. The molecule has 0 spiro atoms. The van der Waals surface area contributed by atoms with Crippen molar-refractivity contribution in [3.8, 4) is 16.9 Å². The number of fused-ring (bicyclic) bond motifs is 2. The average molecular weight is 279 g/mol. The van der Waals surface area contributed by atoms with Gasteiger partial charge in [0.2, 0.25) is 0 Å². The molecule has 1 atom stereocenters. The second-order valence-corrected chi connectivity index (χ2v) is 5.50. The quantitative estimate of drug-likeness (QED) is 0.712. The van der Waals surface area contributed by atoms with Gasteiger partial charge in [0, 0.05) is 23.9 Å². The second kappa shape index (κ2) is 4.81. The largest absolute Gasteiger partial charge is 0.488 e. The van der Waals surface area contributed by atoms with E-state index in [1.165, 1.54) is 0 Å². The molecular formula is C17H17N3O. The predicted octanol–water partition coefficient (Wildman–Crippen LogP) is 3.81. The molecule has 2 aromatic carbocycles. The number of rotatable bonds is 1. The second-order valence-electron chi connectivity index (χ2n) is 5.50. The molecule has 0 saturated carbocycles. The van der Waals surface area contributed by atoms with E-state index < -0.39 is 0 Å². The molecule has 2 N–H and O–H groups in total. The molecule has 0 bridgehead atoms. The zero-order chi connectivity index (χ0) is 14.2. The minimum atomic E-state index is 0.220. The monoisotopic (exact) mass is 279 g/mol. The molecule has 0 amide bonds. The Morgan fingerprint density at radius 2 is 2.19 bits per heavy atom. The summed E-state index contributed by atoms with van der Waals surface area (Å²) in [6, 6.07) is 12.6. The van der Waals surface area contributed by atoms with Crippen LogP contribution in [0, 0.1) is 0 Å². The van der Waals surface area contributed by atoms with Crippen LogP contribution in [0.2, 0.25) is 0 Å². The molecule has 0 radical (unpaired) electrons. The van der Waals surface area contributed by atoms with Crippen LogP contribution in [-0.2, 0) is 0 Å². The van der Waals surface area contributed by atoms with Gasteiger partial charge >= 0.3 is 0 Å². The van der Waals surface area contributed by atoms with Crippen LogP contribution in [0.4, 0.5) is 5.69 Å². The summed E-state index contributed by atoms with van der Waals surface area (Å²) in [6.07, 6.45) is 3.08. The lowest BCUT2D eigenvalue weighted by atomic mass is 10.0. The van der Waals surface area contributed by atoms with Crippen LogP contribution in [0.1, 0.15) is 13.3 Å². The minimum absolute atomic E-state index is 0.220. The molecule has 0 aliphatic carbocycles. The van der Waals surface area contributed by atoms with Crippen LogP contribution >= 0.6 is 0 Å². The lowest BCUT2D eigenvalue weighted by molar-refractivity contribution is 0.222. The number of para-hydroxylation sites is 1. The van der Waals surface area contributed by atoms with E-state index in [0.29, 0.717) is 0 Å². The van der Waals surface area contributed by atoms with Crippen molar-refractivity contribution in [1.29, 1.82) is 0 Å². The molecule has 4 rings (SSSR count). The third-order valence-corrected chi connectivity index (χ3v) is 3.95. The number of anilines is 1. The lowest BCUT2D eigenvalue weighted by Gasteiger charge is -2.16. The van der Waals surface area contributed by atoms with Gasteiger partial charge in [0.25, 0.3) is 0 Å². The van der Waals surface area contributed by atoms with Gasteiger partial charge in [0.1, 0.15) is 0 Å². The van der Waals surface area contributed by atoms with E-state index in [0.717, 1.165) is 46.4 Å². The Kier molecular flexibility index (Phi) is 2.81. The molecule has 0 saturated heterocycles. The molecule has 1 aliphatic rings. The van der Waals surface area contributed by atoms with E-state index in [9.17, 15) is 0 Å². The summed E-state index contributed by atoms with van der Waals surface area (Å²) < 4.78 is 6.15. The van der Waals surface area contributed by atoms with E-state index in [1.807, 2.05) is 6.20 Å². The van der Waals surface area contributed by atoms with E-state index >= 15 is 0 Å². The fourth-order valence-electron chi connectivity index (χ4n) is 2.81. The number of nitrogens with one attached hydrogen (secondary N) is 2. The fraction of sp³-hybridized carbons (Fsp3) is 0.235. The van der Waals surface area contributed by atoms with E-state index in [2.05, 4.69) is 58.8 Å². The van der Waals surface area contributed by atoms with Gasteiger partial charge in [-0.3, -0.25) is 5.10 Å². The number of hydrogen-bond acceptors (Lipinski definition) is 3. The zero-order valence-electron chi connectivity index (χ0n) is 11.9. The van der Waals surface area contributed by atoms with E-state index in [4.69, 9.17) is 4.74 Å². The molecule has 0 unspecified atom stereocenters. The zero-order valence-corrected chi connectivity index (χ0v) is 11.9. The summed E-state index contributed by atoms with van der Waals surface area (Å²) in [5.74, 6) is 0.949. The third kappa shape index (κ3) is 2.13. The number of H-pyrrole nitrogens is 1. The van der Waals surface area contributed by atoms with Crippen molar-refractivity contribution in [3.63, 3.8) is 0 Å².